The molecular weight excluding hydrogens is 583 g/mol. The van der Waals surface area contributed by atoms with Crippen molar-refractivity contribution in [2.24, 2.45) is 5.73 Å². The molecular formula is C29H24Cl2N6O5. The first-order valence-electron chi connectivity index (χ1n) is 12.8. The van der Waals surface area contributed by atoms with Gasteiger partial charge in [0.2, 0.25) is 11.8 Å². The lowest BCUT2D eigenvalue weighted by Crippen LogP contribution is -2.51. The fourth-order valence-electron chi connectivity index (χ4n) is 5.73. The molecule has 6 rings (SSSR count). The molecule has 42 heavy (non-hydrogen) atoms. The van der Waals surface area contributed by atoms with Gasteiger partial charge in [0, 0.05) is 40.3 Å². The van der Waals surface area contributed by atoms with Crippen LogP contribution in [0.15, 0.2) is 48.7 Å². The molecule has 1 atom stereocenters. The highest BCUT2D eigenvalue weighted by molar-refractivity contribution is 6.34. The number of hydrogen-bond acceptors (Lipinski definition) is 7. The first-order valence-corrected chi connectivity index (χ1v) is 13.6. The number of imidazole rings is 1. The van der Waals surface area contributed by atoms with Gasteiger partial charge in [0.05, 0.1) is 36.1 Å². The molecule has 3 amide bonds. The molecule has 11 nitrogen and oxygen atoms in total. The van der Waals surface area contributed by atoms with Gasteiger partial charge in [0.1, 0.15) is 11.6 Å². The summed E-state index contributed by atoms with van der Waals surface area (Å²) >= 11 is 12.7. The van der Waals surface area contributed by atoms with Gasteiger partial charge in [-0.15, -0.1) is 0 Å². The van der Waals surface area contributed by atoms with Crippen LogP contribution >= 0.6 is 23.2 Å². The molecule has 0 saturated carbocycles. The maximum Gasteiger partial charge on any atom is 0.280 e. The normalized spacial score (nSPS) is 17.1. The van der Waals surface area contributed by atoms with Crippen molar-refractivity contribution in [2.45, 2.75) is 25.4 Å². The fraction of sp³-hybridized carbons (Fsp3) is 0.207. The first-order chi connectivity index (χ1) is 20.0. The number of pyridine rings is 1. The Morgan fingerprint density at radius 1 is 1.07 bits per heavy atom. The number of hydrogen-bond donors (Lipinski definition) is 2. The second kappa shape index (κ2) is 9.74. The van der Waals surface area contributed by atoms with E-state index in [4.69, 9.17) is 43.4 Å². The number of nitrogens with zero attached hydrogens (tertiary/aromatic N) is 4. The molecule has 3 N–H and O–H groups in total. The van der Waals surface area contributed by atoms with Gasteiger partial charge in [-0.25, -0.2) is 9.97 Å². The van der Waals surface area contributed by atoms with Crippen LogP contribution in [0.3, 0.4) is 0 Å². The van der Waals surface area contributed by atoms with Crippen molar-refractivity contribution in [3.8, 4) is 23.0 Å². The number of aromatic nitrogens is 3. The summed E-state index contributed by atoms with van der Waals surface area (Å²) in [5, 5.41) is 3.35. The maximum absolute atomic E-state index is 14.4. The summed E-state index contributed by atoms with van der Waals surface area (Å²) in [7, 11) is 3.00. The second-order valence-electron chi connectivity index (χ2n) is 10.0. The molecule has 0 bridgehead atoms. The van der Waals surface area contributed by atoms with Gasteiger partial charge in [-0.2, -0.15) is 0 Å². The number of anilines is 2. The zero-order valence-corrected chi connectivity index (χ0v) is 24.4. The van der Waals surface area contributed by atoms with E-state index < -0.39 is 23.3 Å². The van der Waals surface area contributed by atoms with Gasteiger partial charge in [-0.3, -0.25) is 19.3 Å². The van der Waals surface area contributed by atoms with Crippen molar-refractivity contribution in [1.82, 2.24) is 14.5 Å². The summed E-state index contributed by atoms with van der Waals surface area (Å²) in [6.45, 7) is 3.84. The van der Waals surface area contributed by atoms with E-state index in [0.717, 1.165) is 0 Å². The quantitative estimate of drug-likeness (QED) is 0.321. The Morgan fingerprint density at radius 3 is 2.48 bits per heavy atom. The van der Waals surface area contributed by atoms with E-state index >= 15 is 0 Å². The Labute approximate surface area is 250 Å². The smallest absolute Gasteiger partial charge is 0.280 e. The van der Waals surface area contributed by atoms with Gasteiger partial charge in [-0.05, 0) is 44.2 Å². The lowest BCUT2D eigenvalue weighted by Gasteiger charge is -2.36. The molecule has 4 heterocycles. The van der Waals surface area contributed by atoms with Crippen LogP contribution in [0.5, 0.6) is 11.6 Å². The highest BCUT2D eigenvalue weighted by Gasteiger charge is 2.64. The summed E-state index contributed by atoms with van der Waals surface area (Å²) < 4.78 is 12.7. The maximum atomic E-state index is 14.4. The topological polar surface area (TPSA) is 142 Å². The highest BCUT2D eigenvalue weighted by Crippen LogP contribution is 2.55. The summed E-state index contributed by atoms with van der Waals surface area (Å²) in [6.07, 6.45) is 1.55. The molecule has 0 radical (unpaired) electrons. The third kappa shape index (κ3) is 3.70. The Hall–Kier alpha value is -4.61. The number of ether oxygens (including phenoxy) is 2. The van der Waals surface area contributed by atoms with Crippen LogP contribution in [0, 0.1) is 0 Å². The van der Waals surface area contributed by atoms with Gasteiger partial charge in [0.25, 0.3) is 11.8 Å². The van der Waals surface area contributed by atoms with Crippen LogP contribution in [0.2, 0.25) is 10.0 Å². The van der Waals surface area contributed by atoms with Crippen LogP contribution in [0.25, 0.3) is 11.4 Å². The zero-order chi connectivity index (χ0) is 30.1. The average molecular weight is 607 g/mol. The SMILES string of the molecule is COc1cc(OC)c(-c2nc3c(n2C(C)C)[C@@]2(C(=O)Nc4cc(Cl)ccc42)N(c2ccc(C(N)=O)c(Cl)c2)C3=O)cn1. The number of amides is 3. The molecule has 2 aliphatic heterocycles. The van der Waals surface area contributed by atoms with E-state index in [-0.39, 0.29) is 28.0 Å². The monoisotopic (exact) mass is 606 g/mol. The van der Waals surface area contributed by atoms with E-state index in [9.17, 15) is 14.4 Å². The fourth-order valence-corrected chi connectivity index (χ4v) is 6.17. The molecule has 0 unspecified atom stereocenters. The van der Waals surface area contributed by atoms with Crippen LogP contribution in [0.4, 0.5) is 11.4 Å². The summed E-state index contributed by atoms with van der Waals surface area (Å²) in [6, 6.07) is 10.7. The summed E-state index contributed by atoms with van der Waals surface area (Å²) in [5.41, 5.74) is 5.95. The van der Waals surface area contributed by atoms with Crippen LogP contribution in [0.1, 0.15) is 52.0 Å². The van der Waals surface area contributed by atoms with E-state index in [1.54, 1.807) is 30.5 Å². The molecule has 0 saturated heterocycles. The van der Waals surface area contributed by atoms with Crippen LogP contribution in [-0.4, -0.2) is 46.5 Å². The van der Waals surface area contributed by atoms with Crippen molar-refractivity contribution >= 4 is 52.3 Å². The number of carbonyl (C=O) groups is 3. The first kappa shape index (κ1) is 27.6. The number of methoxy groups -OCH3 is 2. The van der Waals surface area contributed by atoms with Crippen LogP contribution < -0.4 is 25.4 Å². The Balaban J connectivity index is 1.69. The lowest BCUT2D eigenvalue weighted by atomic mass is 9.87. The molecule has 4 aromatic rings. The van der Waals surface area contributed by atoms with Crippen molar-refractivity contribution in [3.05, 3.63) is 81.2 Å². The molecule has 13 heteroatoms. The van der Waals surface area contributed by atoms with Crippen molar-refractivity contribution < 1.29 is 23.9 Å². The van der Waals surface area contributed by atoms with E-state index in [2.05, 4.69) is 10.3 Å². The second-order valence-corrected chi connectivity index (χ2v) is 10.9. The largest absolute Gasteiger partial charge is 0.496 e. The lowest BCUT2D eigenvalue weighted by molar-refractivity contribution is -0.119. The predicted molar refractivity (Wildman–Crippen MR) is 157 cm³/mol. The number of halogens is 2. The number of benzene rings is 2. The molecule has 214 valence electrons. The van der Waals surface area contributed by atoms with Gasteiger partial charge >= 0.3 is 0 Å². The molecule has 2 aromatic heterocycles. The van der Waals surface area contributed by atoms with E-state index in [1.165, 1.54) is 37.3 Å². The molecule has 2 aromatic carbocycles. The highest BCUT2D eigenvalue weighted by atomic mass is 35.5. The minimum Gasteiger partial charge on any atom is -0.496 e. The van der Waals surface area contributed by atoms with Gasteiger partial charge < -0.3 is 25.1 Å². The number of rotatable bonds is 6. The summed E-state index contributed by atoms with van der Waals surface area (Å²) in [4.78, 5) is 51.1. The molecule has 0 aliphatic carbocycles. The minimum absolute atomic E-state index is 0.0312. The molecule has 0 fully saturated rings. The average Bonchev–Trinajstić information content (AvgIpc) is 3.56. The number of fused-ring (bicyclic) bond motifs is 4. The molecule has 1 spiro atoms. The minimum atomic E-state index is -1.70. The number of primary amides is 1. The third-order valence-corrected chi connectivity index (χ3v) is 7.99. The summed E-state index contributed by atoms with van der Waals surface area (Å²) in [5.74, 6) is -0.631. The zero-order valence-electron chi connectivity index (χ0n) is 22.9. The van der Waals surface area contributed by atoms with Gasteiger partial charge in [-0.1, -0.05) is 29.3 Å². The Kier molecular flexibility index (Phi) is 6.39. The van der Waals surface area contributed by atoms with E-state index in [1.807, 2.05) is 18.4 Å². The number of carbonyl (C=O) groups excluding carboxylic acids is 3. The Bertz CT molecular complexity index is 1840. The number of nitrogens with one attached hydrogen (secondary N) is 1. The number of nitrogens with two attached hydrogens (primary N) is 1. The Morgan fingerprint density at radius 2 is 1.83 bits per heavy atom. The van der Waals surface area contributed by atoms with Crippen molar-refractivity contribution in [2.75, 3.05) is 24.4 Å². The third-order valence-electron chi connectivity index (χ3n) is 7.45. The standard InChI is InChI=1S/C29H24Cl2N6O5/c1-13(2)36-24-23(35-26(36)17-12-33-22(42-4)11-21(17)41-3)27(39)37(15-6-7-16(25(32)38)19(31)10-15)29(24)18-8-5-14(30)9-20(18)34-28(29)40/h5-13H,1-4H3,(H2,32,38)(H,34,40)/t29-/m0/s1. The molecule has 2 aliphatic rings. The van der Waals surface area contributed by atoms with E-state index in [0.29, 0.717) is 45.0 Å². The van der Waals surface area contributed by atoms with Crippen molar-refractivity contribution in [1.29, 1.82) is 0 Å². The van der Waals surface area contributed by atoms with Crippen LogP contribution in [-0.2, 0) is 10.3 Å². The van der Waals surface area contributed by atoms with Gasteiger partial charge in [0.15, 0.2) is 11.2 Å². The predicted octanol–water partition coefficient (Wildman–Crippen LogP) is 4.81. The van der Waals surface area contributed by atoms with Crippen molar-refractivity contribution in [3.63, 3.8) is 0 Å².